The first-order chi connectivity index (χ1) is 5.74. The van der Waals surface area contributed by atoms with Gasteiger partial charge in [0.25, 0.3) is 0 Å². The van der Waals surface area contributed by atoms with Crippen molar-refractivity contribution in [2.75, 3.05) is 11.9 Å². The Morgan fingerprint density at radius 3 is 2.62 bits per heavy atom. The number of halogens is 1. The number of nitrogens with one attached hydrogen (secondary N) is 1. The average molecular weight is 201 g/mol. The average Bonchev–Trinajstić information content (AvgIpc) is 2.09. The van der Waals surface area contributed by atoms with E-state index in [-0.39, 0.29) is 24.9 Å². The minimum atomic E-state index is -0.163. The van der Waals surface area contributed by atoms with E-state index in [4.69, 9.17) is 5.73 Å². The molecule has 0 bridgehead atoms. The van der Waals surface area contributed by atoms with Crippen LogP contribution in [-0.2, 0) is 4.79 Å². The number of amides is 1. The molecule has 1 amide bonds. The molecule has 0 saturated heterocycles. The first-order valence-electron chi connectivity index (χ1n) is 3.79. The van der Waals surface area contributed by atoms with Gasteiger partial charge in [-0.25, -0.2) is 0 Å². The van der Waals surface area contributed by atoms with Gasteiger partial charge in [-0.05, 0) is 18.6 Å². The van der Waals surface area contributed by atoms with Gasteiger partial charge in [-0.15, -0.1) is 12.4 Å². The lowest BCUT2D eigenvalue weighted by Gasteiger charge is -2.05. The van der Waals surface area contributed by atoms with Crippen molar-refractivity contribution in [3.63, 3.8) is 0 Å². The number of rotatable bonds is 2. The molecule has 0 fully saturated rings. The Morgan fingerprint density at radius 2 is 2.08 bits per heavy atom. The molecule has 0 aliphatic heterocycles. The van der Waals surface area contributed by atoms with Crippen LogP contribution in [0.3, 0.4) is 0 Å². The maximum atomic E-state index is 10.9. The van der Waals surface area contributed by atoms with Crippen molar-refractivity contribution in [3.8, 4) is 0 Å². The van der Waals surface area contributed by atoms with Crippen LogP contribution >= 0.6 is 12.4 Å². The standard InChI is InChI=1S/C9H12N2O.ClH/c1-7-4-2-3-5-8(7)11-9(12)6-10;/h2-5H,6,10H2,1H3,(H,11,12);1H. The number of para-hydroxylation sites is 1. The van der Waals surface area contributed by atoms with Crippen LogP contribution in [-0.4, -0.2) is 12.5 Å². The molecule has 0 atom stereocenters. The van der Waals surface area contributed by atoms with Crippen molar-refractivity contribution in [1.29, 1.82) is 0 Å². The highest BCUT2D eigenvalue weighted by atomic mass is 35.5. The summed E-state index contributed by atoms with van der Waals surface area (Å²) in [5.41, 5.74) is 7.03. The smallest absolute Gasteiger partial charge is 0.238 e. The van der Waals surface area contributed by atoms with Crippen LogP contribution in [0.2, 0.25) is 0 Å². The van der Waals surface area contributed by atoms with Crippen LogP contribution in [0.4, 0.5) is 5.69 Å². The van der Waals surface area contributed by atoms with E-state index < -0.39 is 0 Å². The number of carbonyl (C=O) groups is 1. The molecule has 3 nitrogen and oxygen atoms in total. The molecule has 1 aromatic carbocycles. The Balaban J connectivity index is 0.00000144. The molecule has 0 aliphatic rings. The summed E-state index contributed by atoms with van der Waals surface area (Å²) in [7, 11) is 0. The Labute approximate surface area is 83.7 Å². The minimum Gasteiger partial charge on any atom is -0.325 e. The van der Waals surface area contributed by atoms with Gasteiger partial charge in [-0.1, -0.05) is 18.2 Å². The van der Waals surface area contributed by atoms with E-state index in [0.29, 0.717) is 0 Å². The summed E-state index contributed by atoms with van der Waals surface area (Å²) in [6.45, 7) is 1.96. The molecule has 3 N–H and O–H groups in total. The Hall–Kier alpha value is -1.06. The molecule has 1 aromatic rings. The summed E-state index contributed by atoms with van der Waals surface area (Å²) in [5, 5.41) is 2.70. The lowest BCUT2D eigenvalue weighted by Crippen LogP contribution is -2.22. The molecule has 0 aromatic heterocycles. The van der Waals surface area contributed by atoms with Gasteiger partial charge >= 0.3 is 0 Å². The Bertz CT molecular complexity index is 289. The van der Waals surface area contributed by atoms with E-state index in [1.165, 1.54) is 0 Å². The molecule has 0 spiro atoms. The molecule has 0 saturated carbocycles. The van der Waals surface area contributed by atoms with Gasteiger partial charge in [0.05, 0.1) is 6.54 Å². The van der Waals surface area contributed by atoms with Crippen molar-refractivity contribution in [2.24, 2.45) is 5.73 Å². The summed E-state index contributed by atoms with van der Waals surface area (Å²) in [6, 6.07) is 7.58. The van der Waals surface area contributed by atoms with Gasteiger partial charge in [0.15, 0.2) is 0 Å². The molecule has 0 heterocycles. The summed E-state index contributed by atoms with van der Waals surface area (Å²) in [6.07, 6.45) is 0. The zero-order valence-corrected chi connectivity index (χ0v) is 8.23. The number of aryl methyl sites for hydroxylation is 1. The fraction of sp³-hybridized carbons (Fsp3) is 0.222. The molecule has 0 unspecified atom stereocenters. The van der Waals surface area contributed by atoms with Crippen molar-refractivity contribution < 1.29 is 4.79 Å². The lowest BCUT2D eigenvalue weighted by molar-refractivity contribution is -0.114. The second-order valence-corrected chi connectivity index (χ2v) is 2.57. The summed E-state index contributed by atoms with van der Waals surface area (Å²) < 4.78 is 0. The number of hydrogen-bond acceptors (Lipinski definition) is 2. The molecular weight excluding hydrogens is 188 g/mol. The zero-order chi connectivity index (χ0) is 8.97. The highest BCUT2D eigenvalue weighted by molar-refractivity contribution is 5.92. The normalized spacial score (nSPS) is 8.77. The predicted molar refractivity (Wildman–Crippen MR) is 56.1 cm³/mol. The number of benzene rings is 1. The molecule has 4 heteroatoms. The van der Waals surface area contributed by atoms with E-state index >= 15 is 0 Å². The predicted octanol–water partition coefficient (Wildman–Crippen LogP) is 1.31. The fourth-order valence-electron chi connectivity index (χ4n) is 0.914. The third-order valence-electron chi connectivity index (χ3n) is 1.60. The number of nitrogens with two attached hydrogens (primary N) is 1. The van der Waals surface area contributed by atoms with E-state index in [1.807, 2.05) is 31.2 Å². The van der Waals surface area contributed by atoms with Crippen LogP contribution in [0, 0.1) is 6.92 Å². The van der Waals surface area contributed by atoms with E-state index in [2.05, 4.69) is 5.32 Å². The summed E-state index contributed by atoms with van der Waals surface area (Å²) in [4.78, 5) is 10.9. The van der Waals surface area contributed by atoms with Gasteiger partial charge in [0, 0.05) is 5.69 Å². The molecule has 72 valence electrons. The van der Waals surface area contributed by atoms with Gasteiger partial charge in [0.2, 0.25) is 5.91 Å². The van der Waals surface area contributed by atoms with E-state index in [0.717, 1.165) is 11.3 Å². The third-order valence-corrected chi connectivity index (χ3v) is 1.60. The molecule has 0 radical (unpaired) electrons. The maximum Gasteiger partial charge on any atom is 0.238 e. The molecule has 0 aliphatic carbocycles. The SMILES string of the molecule is Cc1ccccc1NC(=O)CN.Cl. The van der Waals surface area contributed by atoms with Gasteiger partial charge < -0.3 is 11.1 Å². The van der Waals surface area contributed by atoms with Gasteiger partial charge in [-0.3, -0.25) is 4.79 Å². The van der Waals surface area contributed by atoms with Crippen LogP contribution in [0.15, 0.2) is 24.3 Å². The van der Waals surface area contributed by atoms with Gasteiger partial charge in [0.1, 0.15) is 0 Å². The van der Waals surface area contributed by atoms with Crippen LogP contribution in [0.5, 0.6) is 0 Å². The minimum absolute atomic E-state index is 0. The van der Waals surface area contributed by atoms with Crippen molar-refractivity contribution >= 4 is 24.0 Å². The topological polar surface area (TPSA) is 55.1 Å². The largest absolute Gasteiger partial charge is 0.325 e. The number of anilines is 1. The van der Waals surface area contributed by atoms with Crippen LogP contribution in [0.1, 0.15) is 5.56 Å². The molecule has 13 heavy (non-hydrogen) atoms. The van der Waals surface area contributed by atoms with E-state index in [9.17, 15) is 4.79 Å². The zero-order valence-electron chi connectivity index (χ0n) is 7.41. The number of hydrogen-bond donors (Lipinski definition) is 2. The van der Waals surface area contributed by atoms with Crippen molar-refractivity contribution in [2.45, 2.75) is 6.92 Å². The summed E-state index contributed by atoms with van der Waals surface area (Å²) in [5.74, 6) is -0.163. The third kappa shape index (κ3) is 3.44. The molecule has 1 rings (SSSR count). The first-order valence-corrected chi connectivity index (χ1v) is 3.79. The highest BCUT2D eigenvalue weighted by Crippen LogP contribution is 2.12. The first kappa shape index (κ1) is 11.9. The lowest BCUT2D eigenvalue weighted by atomic mass is 10.2. The Kier molecular flexibility index (Phi) is 5.11. The number of carbonyl (C=O) groups excluding carboxylic acids is 1. The Morgan fingerprint density at radius 1 is 1.46 bits per heavy atom. The fourth-order valence-corrected chi connectivity index (χ4v) is 0.914. The van der Waals surface area contributed by atoms with Gasteiger partial charge in [-0.2, -0.15) is 0 Å². The van der Waals surface area contributed by atoms with E-state index in [1.54, 1.807) is 0 Å². The second kappa shape index (κ2) is 5.56. The molecular formula is C9H13ClN2O. The van der Waals surface area contributed by atoms with Crippen molar-refractivity contribution in [1.82, 2.24) is 0 Å². The van der Waals surface area contributed by atoms with Crippen LogP contribution in [0.25, 0.3) is 0 Å². The maximum absolute atomic E-state index is 10.9. The van der Waals surface area contributed by atoms with Crippen LogP contribution < -0.4 is 11.1 Å². The highest BCUT2D eigenvalue weighted by Gasteiger charge is 1.99. The monoisotopic (exact) mass is 200 g/mol. The summed E-state index contributed by atoms with van der Waals surface area (Å²) >= 11 is 0. The second-order valence-electron chi connectivity index (χ2n) is 2.57. The quantitative estimate of drug-likeness (QED) is 0.757. The van der Waals surface area contributed by atoms with Crippen molar-refractivity contribution in [3.05, 3.63) is 29.8 Å².